The first-order chi connectivity index (χ1) is 15.3. The summed E-state index contributed by atoms with van der Waals surface area (Å²) in [5.41, 5.74) is 4.29. The minimum absolute atomic E-state index is 0.266. The Kier molecular flexibility index (Phi) is 5.75. The van der Waals surface area contributed by atoms with Crippen LogP contribution in [0.2, 0.25) is 0 Å². The van der Waals surface area contributed by atoms with Crippen LogP contribution in [-0.2, 0) is 27.4 Å². The largest absolute Gasteiger partial charge is 0.327 e. The number of para-hydroxylation sites is 2. The molecule has 1 aromatic heterocycles. The van der Waals surface area contributed by atoms with Gasteiger partial charge >= 0.3 is 0 Å². The normalized spacial score (nSPS) is 11.2. The van der Waals surface area contributed by atoms with Gasteiger partial charge in [-0.1, -0.05) is 24.3 Å². The van der Waals surface area contributed by atoms with Crippen LogP contribution in [0.4, 0.5) is 5.69 Å². The molecule has 0 bridgehead atoms. The Morgan fingerprint density at radius 2 is 1.72 bits per heavy atom. The highest BCUT2D eigenvalue weighted by Gasteiger charge is 2.18. The van der Waals surface area contributed by atoms with Crippen molar-refractivity contribution in [1.82, 2.24) is 9.55 Å². The number of fused-ring (bicyclic) bond motifs is 1. The number of aryl methyl sites for hydroxylation is 1. The summed E-state index contributed by atoms with van der Waals surface area (Å²) in [4.78, 5) is 16.9. The van der Waals surface area contributed by atoms with E-state index < -0.39 is 21.5 Å². The quantitative estimate of drug-likeness (QED) is 0.489. The molecule has 0 unspecified atom stereocenters. The molecule has 160 valence electrons. The van der Waals surface area contributed by atoms with Crippen LogP contribution in [-0.4, -0.2) is 29.6 Å². The van der Waals surface area contributed by atoms with E-state index >= 15 is 0 Å². The number of rotatable bonds is 6. The van der Waals surface area contributed by atoms with Gasteiger partial charge in [0.2, 0.25) is 5.91 Å². The smallest absolute Gasteiger partial charge is 0.239 e. The van der Waals surface area contributed by atoms with Crippen LogP contribution >= 0.6 is 0 Å². The second-order valence-corrected chi connectivity index (χ2v) is 9.51. The van der Waals surface area contributed by atoms with Gasteiger partial charge < -0.3 is 9.88 Å². The molecule has 0 aliphatic heterocycles. The molecule has 1 amide bonds. The third kappa shape index (κ3) is 4.68. The van der Waals surface area contributed by atoms with Gasteiger partial charge in [-0.25, -0.2) is 13.4 Å². The molecular weight excluding hydrogens is 424 g/mol. The lowest BCUT2D eigenvalue weighted by molar-refractivity contribution is -0.113. The SMILES string of the molecule is Cn1c(-c2ccc(NC(=O)CS(=O)(=O)Cc3ccc(C#N)cc3)cc2)nc2ccccc21. The van der Waals surface area contributed by atoms with E-state index in [9.17, 15) is 13.2 Å². The fourth-order valence-electron chi connectivity index (χ4n) is 3.48. The lowest BCUT2D eigenvalue weighted by Crippen LogP contribution is -2.23. The van der Waals surface area contributed by atoms with Crippen molar-refractivity contribution >= 4 is 32.5 Å². The molecule has 0 spiro atoms. The van der Waals surface area contributed by atoms with E-state index in [2.05, 4.69) is 10.3 Å². The zero-order valence-electron chi connectivity index (χ0n) is 17.3. The monoisotopic (exact) mass is 444 g/mol. The summed E-state index contributed by atoms with van der Waals surface area (Å²) in [7, 11) is -1.71. The van der Waals surface area contributed by atoms with Crippen molar-refractivity contribution in [3.63, 3.8) is 0 Å². The van der Waals surface area contributed by atoms with Crippen molar-refractivity contribution in [2.24, 2.45) is 7.05 Å². The van der Waals surface area contributed by atoms with Crippen molar-refractivity contribution in [2.75, 3.05) is 11.1 Å². The summed E-state index contributed by atoms with van der Waals surface area (Å²) >= 11 is 0. The summed E-state index contributed by atoms with van der Waals surface area (Å²) in [5, 5.41) is 11.5. The Balaban J connectivity index is 1.42. The van der Waals surface area contributed by atoms with Gasteiger partial charge in [0, 0.05) is 18.3 Å². The van der Waals surface area contributed by atoms with Crippen molar-refractivity contribution < 1.29 is 13.2 Å². The molecule has 32 heavy (non-hydrogen) atoms. The third-order valence-electron chi connectivity index (χ3n) is 5.03. The van der Waals surface area contributed by atoms with Gasteiger partial charge in [-0.2, -0.15) is 5.26 Å². The second-order valence-electron chi connectivity index (χ2n) is 7.45. The Labute approximate surface area is 185 Å². The van der Waals surface area contributed by atoms with Crippen LogP contribution in [0.5, 0.6) is 0 Å². The molecule has 0 aliphatic rings. The Morgan fingerprint density at radius 1 is 1.03 bits per heavy atom. The zero-order chi connectivity index (χ0) is 22.7. The fraction of sp³-hybridized carbons (Fsp3) is 0.125. The van der Waals surface area contributed by atoms with Gasteiger partial charge in [0.05, 0.1) is 28.4 Å². The molecule has 0 radical (unpaired) electrons. The number of nitriles is 1. The first-order valence-corrected chi connectivity index (χ1v) is 11.7. The highest BCUT2D eigenvalue weighted by molar-refractivity contribution is 7.91. The van der Waals surface area contributed by atoms with Crippen LogP contribution in [0, 0.1) is 11.3 Å². The van der Waals surface area contributed by atoms with Gasteiger partial charge in [0.15, 0.2) is 9.84 Å². The van der Waals surface area contributed by atoms with Crippen molar-refractivity contribution in [2.45, 2.75) is 5.75 Å². The Hall–Kier alpha value is -3.96. The van der Waals surface area contributed by atoms with Crippen molar-refractivity contribution in [1.29, 1.82) is 5.26 Å². The Bertz CT molecular complexity index is 1430. The molecule has 0 saturated carbocycles. The minimum atomic E-state index is -3.65. The van der Waals surface area contributed by atoms with E-state index in [-0.39, 0.29) is 5.75 Å². The number of carbonyl (C=O) groups is 1. The lowest BCUT2D eigenvalue weighted by Gasteiger charge is -2.08. The minimum Gasteiger partial charge on any atom is -0.327 e. The second kappa shape index (κ2) is 8.65. The van der Waals surface area contributed by atoms with E-state index in [0.717, 1.165) is 22.4 Å². The topological polar surface area (TPSA) is 105 Å². The van der Waals surface area contributed by atoms with Crippen LogP contribution in [0.3, 0.4) is 0 Å². The maximum absolute atomic E-state index is 12.4. The van der Waals surface area contributed by atoms with Crippen LogP contribution in [0.1, 0.15) is 11.1 Å². The zero-order valence-corrected chi connectivity index (χ0v) is 18.1. The van der Waals surface area contributed by atoms with Gasteiger partial charge in [-0.05, 0) is 54.1 Å². The standard InChI is InChI=1S/C24H20N4O3S/c1-28-22-5-3-2-4-21(22)27-24(28)19-10-12-20(13-11-19)26-23(29)16-32(30,31)15-18-8-6-17(14-25)7-9-18/h2-13H,15-16H2,1H3,(H,26,29). The van der Waals surface area contributed by atoms with Gasteiger partial charge in [0.1, 0.15) is 11.6 Å². The molecular formula is C24H20N4O3S. The lowest BCUT2D eigenvalue weighted by atomic mass is 10.2. The average molecular weight is 445 g/mol. The summed E-state index contributed by atoms with van der Waals surface area (Å²) in [6, 6.07) is 23.2. The third-order valence-corrected chi connectivity index (χ3v) is 6.51. The maximum Gasteiger partial charge on any atom is 0.239 e. The number of hydrogen-bond acceptors (Lipinski definition) is 5. The summed E-state index contributed by atoms with van der Waals surface area (Å²) in [6.45, 7) is 0. The van der Waals surface area contributed by atoms with E-state index in [1.165, 1.54) is 0 Å². The molecule has 0 fully saturated rings. The number of aromatic nitrogens is 2. The molecule has 4 rings (SSSR count). The van der Waals surface area contributed by atoms with Crippen LogP contribution < -0.4 is 5.32 Å². The van der Waals surface area contributed by atoms with Crippen LogP contribution in [0.15, 0.2) is 72.8 Å². The molecule has 7 nitrogen and oxygen atoms in total. The molecule has 0 atom stereocenters. The number of nitrogens with zero attached hydrogens (tertiary/aromatic N) is 3. The summed E-state index contributed by atoms with van der Waals surface area (Å²) in [6.07, 6.45) is 0. The highest BCUT2D eigenvalue weighted by Crippen LogP contribution is 2.24. The molecule has 3 aromatic carbocycles. The number of benzene rings is 3. The number of amides is 1. The van der Waals surface area contributed by atoms with E-state index in [4.69, 9.17) is 5.26 Å². The first-order valence-electron chi connectivity index (χ1n) is 9.86. The van der Waals surface area contributed by atoms with Gasteiger partial charge in [-0.3, -0.25) is 4.79 Å². The molecule has 1 heterocycles. The van der Waals surface area contributed by atoms with Crippen molar-refractivity contribution in [3.8, 4) is 17.5 Å². The highest BCUT2D eigenvalue weighted by atomic mass is 32.2. The number of carbonyl (C=O) groups excluding carboxylic acids is 1. The predicted molar refractivity (Wildman–Crippen MR) is 123 cm³/mol. The number of hydrogen-bond donors (Lipinski definition) is 1. The number of anilines is 1. The maximum atomic E-state index is 12.4. The molecule has 8 heteroatoms. The fourth-order valence-corrected chi connectivity index (χ4v) is 4.76. The number of imidazole rings is 1. The van der Waals surface area contributed by atoms with Gasteiger partial charge in [0.25, 0.3) is 0 Å². The molecule has 0 aliphatic carbocycles. The molecule has 0 saturated heterocycles. The number of sulfone groups is 1. The first kappa shape index (κ1) is 21.3. The van der Waals surface area contributed by atoms with Gasteiger partial charge in [-0.15, -0.1) is 0 Å². The number of nitrogens with one attached hydrogen (secondary N) is 1. The van der Waals surface area contributed by atoms with E-state index in [1.54, 1.807) is 36.4 Å². The average Bonchev–Trinajstić information content (AvgIpc) is 3.11. The summed E-state index contributed by atoms with van der Waals surface area (Å²) < 4.78 is 26.8. The summed E-state index contributed by atoms with van der Waals surface area (Å²) in [5.74, 6) is -0.694. The molecule has 4 aromatic rings. The Morgan fingerprint density at radius 3 is 2.38 bits per heavy atom. The van der Waals surface area contributed by atoms with E-state index in [0.29, 0.717) is 16.8 Å². The molecule has 1 N–H and O–H groups in total. The van der Waals surface area contributed by atoms with Crippen molar-refractivity contribution in [3.05, 3.63) is 83.9 Å². The van der Waals surface area contributed by atoms with Crippen LogP contribution in [0.25, 0.3) is 22.4 Å². The van der Waals surface area contributed by atoms with E-state index in [1.807, 2.05) is 54.1 Å². The predicted octanol–water partition coefficient (Wildman–Crippen LogP) is 3.67.